The first-order valence-electron chi connectivity index (χ1n) is 11.2. The highest BCUT2D eigenvalue weighted by molar-refractivity contribution is 5.95. The summed E-state index contributed by atoms with van der Waals surface area (Å²) in [6, 6.07) is 1.92. The summed E-state index contributed by atoms with van der Waals surface area (Å²) in [5.41, 5.74) is -0.590. The van der Waals surface area contributed by atoms with Gasteiger partial charge in [0.25, 0.3) is 11.8 Å². The van der Waals surface area contributed by atoms with E-state index in [1.165, 1.54) is 24.7 Å². The van der Waals surface area contributed by atoms with Crippen LogP contribution < -0.4 is 20.1 Å². The number of hydrogen-bond acceptors (Lipinski definition) is 8. The highest BCUT2D eigenvalue weighted by Crippen LogP contribution is 2.39. The number of rotatable bonds is 8. The Balaban J connectivity index is 1.65. The Morgan fingerprint density at radius 1 is 0.974 bits per heavy atom. The minimum Gasteiger partial charge on any atom is -0.406 e. The van der Waals surface area contributed by atoms with Crippen molar-refractivity contribution in [1.29, 1.82) is 0 Å². The maximum atomic E-state index is 12.9. The number of ether oxygens (including phenoxy) is 2. The van der Waals surface area contributed by atoms with Crippen molar-refractivity contribution >= 4 is 11.8 Å². The van der Waals surface area contributed by atoms with Crippen LogP contribution in [0.3, 0.4) is 0 Å². The van der Waals surface area contributed by atoms with Crippen LogP contribution in [-0.4, -0.2) is 56.3 Å². The number of carbonyl (C=O) groups is 2. The number of nitrogens with zero attached hydrogens (tertiary/aromatic N) is 5. The van der Waals surface area contributed by atoms with E-state index in [1.54, 1.807) is 0 Å². The van der Waals surface area contributed by atoms with Crippen molar-refractivity contribution < 1.29 is 45.4 Å². The average Bonchev–Trinajstić information content (AvgIpc) is 3.59. The predicted molar refractivity (Wildman–Crippen MR) is 118 cm³/mol. The number of benzene rings is 1. The molecule has 1 aliphatic rings. The summed E-state index contributed by atoms with van der Waals surface area (Å²) in [6.07, 6.45) is -7.70. The molecule has 1 aliphatic carbocycles. The third kappa shape index (κ3) is 7.11. The topological polar surface area (TPSA) is 133 Å². The molecule has 4 rings (SSSR count). The zero-order valence-electron chi connectivity index (χ0n) is 20.1. The molecule has 11 nitrogen and oxygen atoms in total. The third-order valence-corrected chi connectivity index (χ3v) is 5.26. The molecule has 1 fully saturated rings. The summed E-state index contributed by atoms with van der Waals surface area (Å²) in [6.45, 7) is 1.47. The maximum absolute atomic E-state index is 12.9. The van der Waals surface area contributed by atoms with Gasteiger partial charge in [-0.15, -0.1) is 31.4 Å². The molecule has 3 aromatic rings. The fourth-order valence-electron chi connectivity index (χ4n) is 3.45. The van der Waals surface area contributed by atoms with E-state index in [0.29, 0.717) is 24.0 Å². The van der Waals surface area contributed by atoms with Crippen molar-refractivity contribution in [2.75, 3.05) is 7.05 Å². The van der Waals surface area contributed by atoms with Gasteiger partial charge in [0.15, 0.2) is 17.5 Å². The molecule has 0 aliphatic heterocycles. The number of carbonyl (C=O) groups excluding carboxylic acids is 2. The molecule has 39 heavy (non-hydrogen) atoms. The van der Waals surface area contributed by atoms with Gasteiger partial charge in [0.1, 0.15) is 23.5 Å². The molecule has 0 saturated heterocycles. The second-order valence-corrected chi connectivity index (χ2v) is 8.34. The zero-order chi connectivity index (χ0) is 28.5. The molecular weight excluding hydrogens is 540 g/mol. The average molecular weight is 559 g/mol. The van der Waals surface area contributed by atoms with Crippen LogP contribution in [0, 0.1) is 0 Å². The number of halogens is 6. The molecule has 0 bridgehead atoms. The van der Waals surface area contributed by atoms with Crippen LogP contribution in [0.15, 0.2) is 30.6 Å². The lowest BCUT2D eigenvalue weighted by Crippen LogP contribution is -2.29. The summed E-state index contributed by atoms with van der Waals surface area (Å²) >= 11 is 0. The predicted octanol–water partition coefficient (Wildman–Crippen LogP) is 3.58. The van der Waals surface area contributed by atoms with Gasteiger partial charge >= 0.3 is 12.7 Å². The van der Waals surface area contributed by atoms with E-state index in [2.05, 4.69) is 40.2 Å². The third-order valence-electron chi connectivity index (χ3n) is 5.26. The normalized spacial score (nSPS) is 14.5. The van der Waals surface area contributed by atoms with Crippen LogP contribution in [-0.2, 0) is 0 Å². The van der Waals surface area contributed by atoms with Crippen LogP contribution in [0.1, 0.15) is 64.2 Å². The van der Waals surface area contributed by atoms with E-state index < -0.39 is 47.6 Å². The summed E-state index contributed by atoms with van der Waals surface area (Å²) in [5, 5.41) is 9.31. The summed E-state index contributed by atoms with van der Waals surface area (Å²) in [4.78, 5) is 37.4. The number of amides is 2. The van der Waals surface area contributed by atoms with Gasteiger partial charge in [-0.2, -0.15) is 4.68 Å². The van der Waals surface area contributed by atoms with Gasteiger partial charge in [0.2, 0.25) is 0 Å². The molecule has 0 radical (unpaired) electrons. The van der Waals surface area contributed by atoms with Crippen molar-refractivity contribution in [2.45, 2.75) is 44.4 Å². The molecule has 2 heterocycles. The van der Waals surface area contributed by atoms with Crippen LogP contribution in [0.4, 0.5) is 26.3 Å². The molecule has 2 aromatic heterocycles. The van der Waals surface area contributed by atoms with Gasteiger partial charge in [0.05, 0.1) is 6.04 Å². The van der Waals surface area contributed by atoms with E-state index >= 15 is 0 Å². The van der Waals surface area contributed by atoms with Gasteiger partial charge in [-0.3, -0.25) is 9.59 Å². The smallest absolute Gasteiger partial charge is 0.406 e. The number of hydrogen-bond donors (Lipinski definition) is 2. The second-order valence-electron chi connectivity index (χ2n) is 8.34. The standard InChI is InChI=1S/C22H19F6N7O4/c1-10(32-19(36)12-5-13(38-21(23,24)25)7-14(6-12)39-22(26,27)28)18-33-17(11-3-4-11)34-35(18)16-8-15(20(37)29-2)30-9-31-16/h5-11H,3-4H2,1-2H3,(H,29,37)(H,32,36)/t10-/m0/s1. The Morgan fingerprint density at radius 2 is 1.59 bits per heavy atom. The van der Waals surface area contributed by atoms with Crippen molar-refractivity contribution in [1.82, 2.24) is 35.4 Å². The van der Waals surface area contributed by atoms with Crippen molar-refractivity contribution in [2.24, 2.45) is 0 Å². The maximum Gasteiger partial charge on any atom is 0.573 e. The van der Waals surface area contributed by atoms with E-state index in [9.17, 15) is 35.9 Å². The van der Waals surface area contributed by atoms with Crippen LogP contribution in [0.25, 0.3) is 5.82 Å². The molecule has 2 N–H and O–H groups in total. The quantitative estimate of drug-likeness (QED) is 0.401. The van der Waals surface area contributed by atoms with E-state index in [4.69, 9.17) is 0 Å². The number of nitrogens with one attached hydrogen (secondary N) is 2. The zero-order valence-corrected chi connectivity index (χ0v) is 20.1. The SMILES string of the molecule is CNC(=O)c1cc(-n2nc(C3CC3)nc2[C@H](C)NC(=O)c2cc(OC(F)(F)F)cc(OC(F)(F)F)c2)ncn1. The summed E-state index contributed by atoms with van der Waals surface area (Å²) in [7, 11) is 1.41. The van der Waals surface area contributed by atoms with E-state index in [-0.39, 0.29) is 23.3 Å². The molecule has 1 aromatic carbocycles. The lowest BCUT2D eigenvalue weighted by molar-refractivity contribution is -0.276. The molecule has 2 amide bonds. The lowest BCUT2D eigenvalue weighted by Gasteiger charge is -2.17. The fraction of sp³-hybridized carbons (Fsp3) is 0.364. The Kier molecular flexibility index (Phi) is 7.34. The second kappa shape index (κ2) is 10.4. The highest BCUT2D eigenvalue weighted by Gasteiger charge is 2.35. The Hall–Kier alpha value is -4.44. The molecular formula is C22H19F6N7O4. The molecule has 0 spiro atoms. The van der Waals surface area contributed by atoms with E-state index in [0.717, 1.165) is 19.2 Å². The molecule has 208 valence electrons. The van der Waals surface area contributed by atoms with Crippen LogP contribution >= 0.6 is 0 Å². The molecule has 1 saturated carbocycles. The molecule has 17 heteroatoms. The Morgan fingerprint density at radius 3 is 2.13 bits per heavy atom. The summed E-state index contributed by atoms with van der Waals surface area (Å²) in [5.74, 6) is -2.96. The van der Waals surface area contributed by atoms with Crippen LogP contribution in [0.2, 0.25) is 0 Å². The lowest BCUT2D eigenvalue weighted by atomic mass is 10.1. The first-order valence-corrected chi connectivity index (χ1v) is 11.2. The largest absolute Gasteiger partial charge is 0.573 e. The molecule has 0 unspecified atom stereocenters. The van der Waals surface area contributed by atoms with Gasteiger partial charge in [0, 0.05) is 30.7 Å². The van der Waals surface area contributed by atoms with Crippen molar-refractivity contribution in [3.8, 4) is 17.3 Å². The minimum absolute atomic E-state index is 0.0206. The monoisotopic (exact) mass is 559 g/mol. The van der Waals surface area contributed by atoms with Crippen LogP contribution in [0.5, 0.6) is 11.5 Å². The molecule has 1 atom stereocenters. The Labute approximate surface area is 215 Å². The van der Waals surface area contributed by atoms with Gasteiger partial charge in [-0.25, -0.2) is 15.0 Å². The number of aromatic nitrogens is 5. The van der Waals surface area contributed by atoms with Gasteiger partial charge < -0.3 is 20.1 Å². The summed E-state index contributed by atoms with van der Waals surface area (Å²) < 4.78 is 84.9. The van der Waals surface area contributed by atoms with Crippen molar-refractivity contribution in [3.05, 3.63) is 53.5 Å². The minimum atomic E-state index is -5.24. The van der Waals surface area contributed by atoms with Gasteiger partial charge in [-0.1, -0.05) is 0 Å². The van der Waals surface area contributed by atoms with Crippen molar-refractivity contribution in [3.63, 3.8) is 0 Å². The fourth-order valence-corrected chi connectivity index (χ4v) is 3.45. The first kappa shape index (κ1) is 27.6. The first-order chi connectivity index (χ1) is 18.2. The highest BCUT2D eigenvalue weighted by atomic mass is 19.4. The Bertz CT molecular complexity index is 1350. The number of alkyl halides is 6. The van der Waals surface area contributed by atoms with E-state index in [1.807, 2.05) is 0 Å². The van der Waals surface area contributed by atoms with Gasteiger partial charge in [-0.05, 0) is 31.9 Å².